The molecule has 1 aromatic heterocycles. The SMILES string of the molecule is O=C(O)Cc1cn(C2CC2)c2cccc(O)c12. The van der Waals surface area contributed by atoms with Gasteiger partial charge in [-0.2, -0.15) is 0 Å². The van der Waals surface area contributed by atoms with Gasteiger partial charge in [0.05, 0.1) is 11.9 Å². The second-order valence-corrected chi connectivity index (χ2v) is 4.53. The average molecular weight is 231 g/mol. The van der Waals surface area contributed by atoms with Crippen LogP contribution in [0.5, 0.6) is 5.75 Å². The fraction of sp³-hybridized carbons (Fsp3) is 0.308. The number of aromatic nitrogens is 1. The van der Waals surface area contributed by atoms with Crippen LogP contribution >= 0.6 is 0 Å². The molecule has 1 aliphatic rings. The highest BCUT2D eigenvalue weighted by atomic mass is 16.4. The van der Waals surface area contributed by atoms with Gasteiger partial charge in [0, 0.05) is 17.6 Å². The predicted molar refractivity (Wildman–Crippen MR) is 63.2 cm³/mol. The van der Waals surface area contributed by atoms with Crippen molar-refractivity contribution in [1.29, 1.82) is 0 Å². The average Bonchev–Trinajstić information content (AvgIpc) is 3.03. The molecule has 0 amide bonds. The fourth-order valence-electron chi connectivity index (χ4n) is 2.33. The minimum absolute atomic E-state index is 0.0478. The van der Waals surface area contributed by atoms with Gasteiger partial charge in [0.15, 0.2) is 0 Å². The van der Waals surface area contributed by atoms with Crippen molar-refractivity contribution in [2.75, 3.05) is 0 Å². The van der Waals surface area contributed by atoms with E-state index >= 15 is 0 Å². The quantitative estimate of drug-likeness (QED) is 0.852. The minimum atomic E-state index is -0.872. The molecule has 1 fully saturated rings. The van der Waals surface area contributed by atoms with Crippen molar-refractivity contribution in [1.82, 2.24) is 4.57 Å². The number of phenolic OH excluding ortho intramolecular Hbond substituents is 1. The lowest BCUT2D eigenvalue weighted by atomic mass is 10.1. The molecule has 1 saturated carbocycles. The van der Waals surface area contributed by atoms with E-state index in [1.807, 2.05) is 12.3 Å². The molecule has 1 aromatic carbocycles. The maximum atomic E-state index is 10.8. The summed E-state index contributed by atoms with van der Waals surface area (Å²) in [6.45, 7) is 0. The van der Waals surface area contributed by atoms with E-state index < -0.39 is 5.97 Å². The Labute approximate surface area is 98.1 Å². The third kappa shape index (κ3) is 1.65. The van der Waals surface area contributed by atoms with Gasteiger partial charge < -0.3 is 14.8 Å². The molecular weight excluding hydrogens is 218 g/mol. The topological polar surface area (TPSA) is 62.5 Å². The lowest BCUT2D eigenvalue weighted by molar-refractivity contribution is -0.136. The Kier molecular flexibility index (Phi) is 2.11. The molecule has 0 bridgehead atoms. The summed E-state index contributed by atoms with van der Waals surface area (Å²) < 4.78 is 2.09. The van der Waals surface area contributed by atoms with Crippen LogP contribution in [-0.4, -0.2) is 20.7 Å². The van der Waals surface area contributed by atoms with Gasteiger partial charge in [-0.1, -0.05) is 6.07 Å². The summed E-state index contributed by atoms with van der Waals surface area (Å²) in [5, 5.41) is 19.4. The molecule has 1 aliphatic carbocycles. The molecule has 3 rings (SSSR count). The largest absolute Gasteiger partial charge is 0.507 e. The van der Waals surface area contributed by atoms with Gasteiger partial charge in [-0.3, -0.25) is 4.79 Å². The molecule has 0 radical (unpaired) electrons. The Morgan fingerprint density at radius 3 is 2.82 bits per heavy atom. The maximum Gasteiger partial charge on any atom is 0.307 e. The summed E-state index contributed by atoms with van der Waals surface area (Å²) >= 11 is 0. The highest BCUT2D eigenvalue weighted by Gasteiger charge is 2.26. The molecule has 0 spiro atoms. The molecule has 0 saturated heterocycles. The lowest BCUT2D eigenvalue weighted by Crippen LogP contribution is -1.99. The van der Waals surface area contributed by atoms with Crippen molar-refractivity contribution in [3.63, 3.8) is 0 Å². The van der Waals surface area contributed by atoms with Crippen molar-refractivity contribution in [3.8, 4) is 5.75 Å². The number of fused-ring (bicyclic) bond motifs is 1. The number of aliphatic carboxylic acids is 1. The summed E-state index contributed by atoms with van der Waals surface area (Å²) in [4.78, 5) is 10.8. The zero-order valence-corrected chi connectivity index (χ0v) is 9.26. The summed E-state index contributed by atoms with van der Waals surface area (Å²) in [6.07, 6.45) is 4.09. The van der Waals surface area contributed by atoms with E-state index in [4.69, 9.17) is 5.11 Å². The first-order valence-corrected chi connectivity index (χ1v) is 5.70. The van der Waals surface area contributed by atoms with Crippen molar-refractivity contribution in [2.24, 2.45) is 0 Å². The molecule has 1 heterocycles. The van der Waals surface area contributed by atoms with Crippen LogP contribution in [0.2, 0.25) is 0 Å². The van der Waals surface area contributed by atoms with E-state index in [0.29, 0.717) is 17.0 Å². The number of benzene rings is 1. The van der Waals surface area contributed by atoms with E-state index in [9.17, 15) is 9.90 Å². The Balaban J connectivity index is 2.23. The van der Waals surface area contributed by atoms with E-state index in [0.717, 1.165) is 18.4 Å². The van der Waals surface area contributed by atoms with Crippen LogP contribution in [-0.2, 0) is 11.2 Å². The number of rotatable bonds is 3. The highest BCUT2D eigenvalue weighted by molar-refractivity contribution is 5.92. The van der Waals surface area contributed by atoms with Gasteiger partial charge in [0.1, 0.15) is 5.75 Å². The number of hydrogen-bond acceptors (Lipinski definition) is 2. The smallest absolute Gasteiger partial charge is 0.307 e. The molecule has 0 unspecified atom stereocenters. The first-order chi connectivity index (χ1) is 8.16. The standard InChI is InChI=1S/C13H13NO3/c15-11-3-1-2-10-13(11)8(6-12(16)17)7-14(10)9-4-5-9/h1-3,7,9,15H,4-6H2,(H,16,17). The molecule has 2 aromatic rings. The second-order valence-electron chi connectivity index (χ2n) is 4.53. The maximum absolute atomic E-state index is 10.8. The fourth-order valence-corrected chi connectivity index (χ4v) is 2.33. The first kappa shape index (κ1) is 10.2. The number of carboxylic acids is 1. The van der Waals surface area contributed by atoms with Gasteiger partial charge >= 0.3 is 5.97 Å². The van der Waals surface area contributed by atoms with Gasteiger partial charge in [0.25, 0.3) is 0 Å². The van der Waals surface area contributed by atoms with E-state index in [-0.39, 0.29) is 12.2 Å². The van der Waals surface area contributed by atoms with E-state index in [2.05, 4.69) is 4.57 Å². The number of aromatic hydroxyl groups is 1. The minimum Gasteiger partial charge on any atom is -0.507 e. The lowest BCUT2D eigenvalue weighted by Gasteiger charge is -2.02. The predicted octanol–water partition coefficient (Wildman–Crippen LogP) is 2.31. The van der Waals surface area contributed by atoms with Crippen molar-refractivity contribution in [2.45, 2.75) is 25.3 Å². The molecular formula is C13H13NO3. The van der Waals surface area contributed by atoms with Crippen LogP contribution in [0.15, 0.2) is 24.4 Å². The Morgan fingerprint density at radius 1 is 1.41 bits per heavy atom. The molecule has 88 valence electrons. The Morgan fingerprint density at radius 2 is 2.18 bits per heavy atom. The van der Waals surface area contributed by atoms with Crippen molar-refractivity contribution < 1.29 is 15.0 Å². The molecule has 17 heavy (non-hydrogen) atoms. The van der Waals surface area contributed by atoms with Crippen molar-refractivity contribution in [3.05, 3.63) is 30.0 Å². The third-order valence-corrected chi connectivity index (χ3v) is 3.20. The number of nitrogens with zero attached hydrogens (tertiary/aromatic N) is 1. The van der Waals surface area contributed by atoms with E-state index in [1.165, 1.54) is 0 Å². The molecule has 0 aliphatic heterocycles. The van der Waals surface area contributed by atoms with Gasteiger partial charge in [-0.05, 0) is 30.5 Å². The molecule has 4 heteroatoms. The molecule has 2 N–H and O–H groups in total. The van der Waals surface area contributed by atoms with Gasteiger partial charge in [-0.15, -0.1) is 0 Å². The van der Waals surface area contributed by atoms with E-state index in [1.54, 1.807) is 12.1 Å². The van der Waals surface area contributed by atoms with Crippen LogP contribution < -0.4 is 0 Å². The second kappa shape index (κ2) is 3.52. The first-order valence-electron chi connectivity index (χ1n) is 5.70. The third-order valence-electron chi connectivity index (χ3n) is 3.20. The van der Waals surface area contributed by atoms with Gasteiger partial charge in [-0.25, -0.2) is 0 Å². The number of hydrogen-bond donors (Lipinski definition) is 2. The van der Waals surface area contributed by atoms with Crippen LogP contribution in [0.4, 0.5) is 0 Å². The zero-order chi connectivity index (χ0) is 12.0. The normalized spacial score (nSPS) is 15.3. The monoisotopic (exact) mass is 231 g/mol. The number of carboxylic acid groups (broad SMARTS) is 1. The van der Waals surface area contributed by atoms with Crippen LogP contribution in [0.3, 0.4) is 0 Å². The van der Waals surface area contributed by atoms with Crippen LogP contribution in [0.1, 0.15) is 24.4 Å². The summed E-state index contributed by atoms with van der Waals surface area (Å²) in [5.41, 5.74) is 1.63. The van der Waals surface area contributed by atoms with Crippen LogP contribution in [0, 0.1) is 0 Å². The Bertz CT molecular complexity index is 596. The number of phenols is 1. The Hall–Kier alpha value is -1.97. The van der Waals surface area contributed by atoms with Gasteiger partial charge in [0.2, 0.25) is 0 Å². The summed E-state index contributed by atoms with van der Waals surface area (Å²) in [7, 11) is 0. The van der Waals surface area contributed by atoms with Crippen LogP contribution in [0.25, 0.3) is 10.9 Å². The summed E-state index contributed by atoms with van der Waals surface area (Å²) in [6, 6.07) is 5.80. The summed E-state index contributed by atoms with van der Waals surface area (Å²) in [5.74, 6) is -0.707. The molecule has 4 nitrogen and oxygen atoms in total. The molecule has 0 atom stereocenters. The zero-order valence-electron chi connectivity index (χ0n) is 9.26. The van der Waals surface area contributed by atoms with Crippen molar-refractivity contribution >= 4 is 16.9 Å². The highest BCUT2D eigenvalue weighted by Crippen LogP contribution is 2.40. The number of carbonyl (C=O) groups is 1.